The van der Waals surface area contributed by atoms with Crippen LogP contribution < -0.4 is 10.6 Å². The van der Waals surface area contributed by atoms with Crippen LogP contribution in [0.5, 0.6) is 5.75 Å². The molecule has 1 aromatic heterocycles. The monoisotopic (exact) mass is 396 g/mol. The molecule has 0 saturated carbocycles. The highest BCUT2D eigenvalue weighted by Gasteiger charge is 2.34. The van der Waals surface area contributed by atoms with Gasteiger partial charge < -0.3 is 20.5 Å². The van der Waals surface area contributed by atoms with E-state index in [1.54, 1.807) is 6.92 Å². The molecule has 4 rings (SSSR count). The number of carbonyl (C=O) groups excluding carboxylic acids is 1. The van der Waals surface area contributed by atoms with Gasteiger partial charge in [0.2, 0.25) is 0 Å². The minimum absolute atomic E-state index is 0.112. The molecule has 3 aromatic rings. The van der Waals surface area contributed by atoms with Gasteiger partial charge in [0.05, 0.1) is 29.6 Å². The first-order valence-electron chi connectivity index (χ1n) is 9.46. The molecular weight excluding hydrogens is 375 g/mol. The Morgan fingerprint density at radius 2 is 2.10 bits per heavy atom. The summed E-state index contributed by atoms with van der Waals surface area (Å²) in [5.41, 5.74) is 0.840. The zero-order valence-electron chi connectivity index (χ0n) is 15.9. The number of benzene rings is 2. The smallest absolute Gasteiger partial charge is 0.312 e. The molecule has 1 aliphatic heterocycles. The molecule has 2 heterocycles. The number of phenolic OH excluding ortho intramolecular Hbond substituents is 1. The van der Waals surface area contributed by atoms with Crippen LogP contribution in [0, 0.1) is 11.7 Å². The number of halogens is 1. The number of ether oxygens (including phenoxy) is 1. The highest BCUT2D eigenvalue weighted by molar-refractivity contribution is 5.91. The second-order valence-electron chi connectivity index (χ2n) is 6.84. The lowest BCUT2D eigenvalue weighted by molar-refractivity contribution is -0.147. The minimum atomic E-state index is -0.494. The van der Waals surface area contributed by atoms with E-state index in [0.29, 0.717) is 31.0 Å². The fourth-order valence-corrected chi connectivity index (χ4v) is 3.50. The van der Waals surface area contributed by atoms with E-state index in [0.717, 1.165) is 5.39 Å². The lowest BCUT2D eigenvalue weighted by Gasteiger charge is -2.20. The van der Waals surface area contributed by atoms with Crippen LogP contribution in [0.3, 0.4) is 0 Å². The number of hydrogen-bond donors (Lipinski definition) is 3. The van der Waals surface area contributed by atoms with Gasteiger partial charge in [-0.25, -0.2) is 14.4 Å². The number of para-hydroxylation sites is 1. The van der Waals surface area contributed by atoms with Crippen molar-refractivity contribution in [2.75, 3.05) is 25.0 Å². The lowest BCUT2D eigenvalue weighted by Crippen LogP contribution is -2.35. The first-order valence-corrected chi connectivity index (χ1v) is 9.46. The third-order valence-corrected chi connectivity index (χ3v) is 4.93. The number of phenols is 1. The van der Waals surface area contributed by atoms with Crippen LogP contribution in [0.2, 0.25) is 0 Å². The normalized spacial score (nSPS) is 18.7. The molecule has 150 valence electrons. The molecule has 1 saturated heterocycles. The molecule has 3 N–H and O–H groups in total. The maximum absolute atomic E-state index is 13.7. The van der Waals surface area contributed by atoms with Crippen molar-refractivity contribution in [2.24, 2.45) is 5.92 Å². The van der Waals surface area contributed by atoms with Crippen LogP contribution in [0.1, 0.15) is 6.92 Å². The van der Waals surface area contributed by atoms with Gasteiger partial charge in [0.1, 0.15) is 17.4 Å². The Balaban J connectivity index is 1.75. The van der Waals surface area contributed by atoms with Crippen molar-refractivity contribution in [1.82, 2.24) is 15.3 Å². The van der Waals surface area contributed by atoms with E-state index in [1.807, 2.05) is 24.3 Å². The van der Waals surface area contributed by atoms with Crippen molar-refractivity contribution in [3.05, 3.63) is 48.3 Å². The van der Waals surface area contributed by atoms with Gasteiger partial charge in [-0.05, 0) is 37.3 Å². The van der Waals surface area contributed by atoms with Crippen LogP contribution in [0.25, 0.3) is 22.3 Å². The van der Waals surface area contributed by atoms with Crippen LogP contribution in [0.15, 0.2) is 42.5 Å². The average Bonchev–Trinajstić information content (AvgIpc) is 3.18. The Labute approximate surface area is 166 Å². The van der Waals surface area contributed by atoms with Gasteiger partial charge in [-0.2, -0.15) is 0 Å². The zero-order chi connectivity index (χ0) is 20.4. The van der Waals surface area contributed by atoms with Gasteiger partial charge in [-0.1, -0.05) is 12.1 Å². The second-order valence-corrected chi connectivity index (χ2v) is 6.84. The van der Waals surface area contributed by atoms with E-state index in [4.69, 9.17) is 4.74 Å². The predicted molar refractivity (Wildman–Crippen MR) is 107 cm³/mol. The summed E-state index contributed by atoms with van der Waals surface area (Å²) in [7, 11) is 0. The van der Waals surface area contributed by atoms with E-state index in [1.165, 1.54) is 18.2 Å². The molecule has 29 heavy (non-hydrogen) atoms. The maximum atomic E-state index is 13.7. The molecule has 0 spiro atoms. The molecule has 1 unspecified atom stereocenters. The topological polar surface area (TPSA) is 96.4 Å². The summed E-state index contributed by atoms with van der Waals surface area (Å²) in [5, 5.41) is 17.5. The third-order valence-electron chi connectivity index (χ3n) is 4.93. The Kier molecular flexibility index (Phi) is 5.26. The highest BCUT2D eigenvalue weighted by Crippen LogP contribution is 2.31. The molecular formula is C21H21FN4O3. The summed E-state index contributed by atoms with van der Waals surface area (Å²) in [5.74, 6) is -0.517. The molecule has 1 fully saturated rings. The summed E-state index contributed by atoms with van der Waals surface area (Å²) < 4.78 is 18.9. The quantitative estimate of drug-likeness (QED) is 0.571. The van der Waals surface area contributed by atoms with Crippen LogP contribution in [-0.4, -0.2) is 46.8 Å². The molecule has 7 nitrogen and oxygen atoms in total. The van der Waals surface area contributed by atoms with E-state index in [-0.39, 0.29) is 35.1 Å². The van der Waals surface area contributed by atoms with E-state index >= 15 is 0 Å². The van der Waals surface area contributed by atoms with Crippen molar-refractivity contribution in [3.63, 3.8) is 0 Å². The number of nitrogens with one attached hydrogen (secondary N) is 2. The number of rotatable bonds is 5. The Morgan fingerprint density at radius 1 is 1.28 bits per heavy atom. The number of fused-ring (bicyclic) bond motifs is 1. The van der Waals surface area contributed by atoms with Crippen LogP contribution in [0.4, 0.5) is 10.2 Å². The SMILES string of the molecule is CCOC(=O)C1CNC[C@H]1Nc1nc(-c2cc(F)ccc2O)nc2ccccc12. The molecule has 2 aromatic carbocycles. The van der Waals surface area contributed by atoms with Crippen molar-refractivity contribution >= 4 is 22.7 Å². The molecule has 0 amide bonds. The summed E-state index contributed by atoms with van der Waals surface area (Å²) in [6, 6.07) is 10.8. The van der Waals surface area contributed by atoms with Crippen molar-refractivity contribution in [2.45, 2.75) is 13.0 Å². The fourth-order valence-electron chi connectivity index (χ4n) is 3.50. The van der Waals surface area contributed by atoms with Crippen LogP contribution in [-0.2, 0) is 9.53 Å². The third kappa shape index (κ3) is 3.84. The number of anilines is 1. The lowest BCUT2D eigenvalue weighted by atomic mass is 10.0. The van der Waals surface area contributed by atoms with E-state index in [9.17, 15) is 14.3 Å². The van der Waals surface area contributed by atoms with Crippen molar-refractivity contribution < 1.29 is 19.0 Å². The number of esters is 1. The standard InChI is InChI=1S/C21H21FN4O3/c1-2-29-21(28)15-10-23-11-17(15)25-19-13-5-3-4-6-16(13)24-20(26-19)14-9-12(22)7-8-18(14)27/h3-9,15,17,23,27H,2,10-11H2,1H3,(H,24,25,26)/t15?,17-/m1/s1. The van der Waals surface area contributed by atoms with Gasteiger partial charge in [-0.15, -0.1) is 0 Å². The molecule has 8 heteroatoms. The molecule has 0 aliphatic carbocycles. The number of aromatic nitrogens is 2. The summed E-state index contributed by atoms with van der Waals surface area (Å²) in [6.45, 7) is 3.18. The Bertz CT molecular complexity index is 1060. The number of carbonyl (C=O) groups is 1. The average molecular weight is 396 g/mol. The number of aromatic hydroxyl groups is 1. The van der Waals surface area contributed by atoms with Gasteiger partial charge in [0.25, 0.3) is 0 Å². The summed E-state index contributed by atoms with van der Waals surface area (Å²) in [4.78, 5) is 21.3. The predicted octanol–water partition coefficient (Wildman–Crippen LogP) is 2.70. The Morgan fingerprint density at radius 3 is 2.93 bits per heavy atom. The first kappa shape index (κ1) is 19.1. The largest absolute Gasteiger partial charge is 0.507 e. The second kappa shape index (κ2) is 8.00. The summed E-state index contributed by atoms with van der Waals surface area (Å²) >= 11 is 0. The van der Waals surface area contributed by atoms with Crippen molar-refractivity contribution in [1.29, 1.82) is 0 Å². The minimum Gasteiger partial charge on any atom is -0.507 e. The van der Waals surface area contributed by atoms with Gasteiger partial charge in [-0.3, -0.25) is 4.79 Å². The van der Waals surface area contributed by atoms with Crippen LogP contribution >= 0.6 is 0 Å². The zero-order valence-corrected chi connectivity index (χ0v) is 15.9. The van der Waals surface area contributed by atoms with E-state index in [2.05, 4.69) is 20.6 Å². The molecule has 1 aliphatic rings. The number of hydrogen-bond acceptors (Lipinski definition) is 7. The molecule has 0 radical (unpaired) electrons. The first-order chi connectivity index (χ1) is 14.1. The maximum Gasteiger partial charge on any atom is 0.312 e. The van der Waals surface area contributed by atoms with Gasteiger partial charge in [0.15, 0.2) is 5.82 Å². The number of nitrogens with zero attached hydrogens (tertiary/aromatic N) is 2. The van der Waals surface area contributed by atoms with Crippen molar-refractivity contribution in [3.8, 4) is 17.1 Å². The molecule has 0 bridgehead atoms. The summed E-state index contributed by atoms with van der Waals surface area (Å²) in [6.07, 6.45) is 0. The molecule has 2 atom stereocenters. The fraction of sp³-hybridized carbons (Fsp3) is 0.286. The van der Waals surface area contributed by atoms with Gasteiger partial charge >= 0.3 is 5.97 Å². The highest BCUT2D eigenvalue weighted by atomic mass is 19.1. The Hall–Kier alpha value is -3.26. The van der Waals surface area contributed by atoms with Gasteiger partial charge in [0, 0.05) is 18.5 Å². The van der Waals surface area contributed by atoms with E-state index < -0.39 is 5.82 Å².